The van der Waals surface area contributed by atoms with Crippen molar-refractivity contribution in [1.29, 1.82) is 0 Å². The summed E-state index contributed by atoms with van der Waals surface area (Å²) in [7, 11) is 0. The molecule has 3 aromatic heterocycles. The van der Waals surface area contributed by atoms with Crippen LogP contribution in [0.3, 0.4) is 0 Å². The molecule has 0 atom stereocenters. The van der Waals surface area contributed by atoms with Gasteiger partial charge in [0.2, 0.25) is 0 Å². The Bertz CT molecular complexity index is 1440. The smallest absolute Gasteiger partial charge is 0.258 e. The standard InChI is InChI=1S/C22H16ClN5OS2/c1-14-3-2-4-15(11-14)20-25-26-22(28(20)18-7-5-16(23)6-8-18)31-13-17-12-19(29)27-9-10-30-21(27)24-17/h2-12H,13H2,1H3. The topological polar surface area (TPSA) is 65.1 Å². The van der Waals surface area contributed by atoms with Crippen molar-refractivity contribution in [2.75, 3.05) is 0 Å². The number of nitrogens with zero attached hydrogens (tertiary/aromatic N) is 5. The van der Waals surface area contributed by atoms with Gasteiger partial charge in [0.15, 0.2) is 15.9 Å². The van der Waals surface area contributed by atoms with Gasteiger partial charge in [0.1, 0.15) is 0 Å². The van der Waals surface area contributed by atoms with E-state index in [4.69, 9.17) is 11.6 Å². The summed E-state index contributed by atoms with van der Waals surface area (Å²) >= 11 is 9.03. The number of hydrogen-bond acceptors (Lipinski definition) is 6. The van der Waals surface area contributed by atoms with Crippen LogP contribution < -0.4 is 5.56 Å². The molecule has 0 unspecified atom stereocenters. The Hall–Kier alpha value is -2.94. The van der Waals surface area contributed by atoms with Gasteiger partial charge in [-0.1, -0.05) is 47.1 Å². The fraction of sp³-hybridized carbons (Fsp3) is 0.0909. The molecule has 154 valence electrons. The van der Waals surface area contributed by atoms with E-state index >= 15 is 0 Å². The van der Waals surface area contributed by atoms with E-state index in [2.05, 4.69) is 21.2 Å². The highest BCUT2D eigenvalue weighted by atomic mass is 35.5. The van der Waals surface area contributed by atoms with Crippen LogP contribution in [0, 0.1) is 6.92 Å². The lowest BCUT2D eigenvalue weighted by Gasteiger charge is -2.11. The molecule has 2 aromatic carbocycles. The van der Waals surface area contributed by atoms with Gasteiger partial charge in [0, 0.05) is 39.7 Å². The molecule has 5 rings (SSSR count). The molecule has 0 aliphatic heterocycles. The second-order valence-electron chi connectivity index (χ2n) is 6.92. The predicted molar refractivity (Wildman–Crippen MR) is 125 cm³/mol. The number of halogens is 1. The summed E-state index contributed by atoms with van der Waals surface area (Å²) < 4.78 is 3.55. The van der Waals surface area contributed by atoms with Crippen molar-refractivity contribution in [3.63, 3.8) is 0 Å². The van der Waals surface area contributed by atoms with Crippen molar-refractivity contribution in [2.24, 2.45) is 0 Å². The number of thioether (sulfide) groups is 1. The summed E-state index contributed by atoms with van der Waals surface area (Å²) in [5.74, 6) is 1.25. The summed E-state index contributed by atoms with van der Waals surface area (Å²) in [4.78, 5) is 17.6. The summed E-state index contributed by atoms with van der Waals surface area (Å²) in [5.41, 5.74) is 3.66. The van der Waals surface area contributed by atoms with Crippen LogP contribution in [0.5, 0.6) is 0 Å². The minimum absolute atomic E-state index is 0.0820. The molecule has 6 nitrogen and oxygen atoms in total. The van der Waals surface area contributed by atoms with E-state index in [9.17, 15) is 4.79 Å². The number of aromatic nitrogens is 5. The molecular weight excluding hydrogens is 450 g/mol. The molecule has 31 heavy (non-hydrogen) atoms. The van der Waals surface area contributed by atoms with Crippen LogP contribution in [0.25, 0.3) is 22.0 Å². The van der Waals surface area contributed by atoms with Gasteiger partial charge in [-0.15, -0.1) is 21.5 Å². The Labute approximate surface area is 191 Å². The molecule has 3 heterocycles. The second-order valence-corrected chi connectivity index (χ2v) is 9.17. The summed E-state index contributed by atoms with van der Waals surface area (Å²) in [6, 6.07) is 17.3. The minimum atomic E-state index is -0.0820. The van der Waals surface area contributed by atoms with Crippen molar-refractivity contribution in [2.45, 2.75) is 17.8 Å². The van der Waals surface area contributed by atoms with Crippen LogP contribution >= 0.6 is 34.7 Å². The van der Waals surface area contributed by atoms with Crippen molar-refractivity contribution in [3.8, 4) is 17.1 Å². The number of hydrogen-bond donors (Lipinski definition) is 0. The van der Waals surface area contributed by atoms with E-state index in [-0.39, 0.29) is 5.56 Å². The Morgan fingerprint density at radius 3 is 2.74 bits per heavy atom. The molecule has 0 fully saturated rings. The SMILES string of the molecule is Cc1cccc(-c2nnc(SCc3cc(=O)n4ccsc4n3)n2-c2ccc(Cl)cc2)c1. The van der Waals surface area contributed by atoms with E-state index in [0.717, 1.165) is 22.6 Å². The third-order valence-electron chi connectivity index (χ3n) is 4.70. The normalized spacial score (nSPS) is 11.3. The molecular formula is C22H16ClN5OS2. The third kappa shape index (κ3) is 4.01. The monoisotopic (exact) mass is 465 g/mol. The minimum Gasteiger partial charge on any atom is -0.270 e. The zero-order valence-electron chi connectivity index (χ0n) is 16.4. The highest BCUT2D eigenvalue weighted by molar-refractivity contribution is 7.98. The Kier molecular flexibility index (Phi) is 5.35. The second kappa shape index (κ2) is 8.30. The lowest BCUT2D eigenvalue weighted by atomic mass is 10.1. The molecule has 0 radical (unpaired) electrons. The van der Waals surface area contributed by atoms with E-state index in [1.54, 1.807) is 16.7 Å². The molecule has 9 heteroatoms. The van der Waals surface area contributed by atoms with Crippen molar-refractivity contribution >= 4 is 39.7 Å². The first-order valence-electron chi connectivity index (χ1n) is 9.45. The molecule has 0 amide bonds. The third-order valence-corrected chi connectivity index (χ3v) is 6.67. The highest BCUT2D eigenvalue weighted by Gasteiger charge is 2.17. The quantitative estimate of drug-likeness (QED) is 0.331. The summed E-state index contributed by atoms with van der Waals surface area (Å²) in [6.45, 7) is 2.05. The largest absolute Gasteiger partial charge is 0.270 e. The maximum atomic E-state index is 12.3. The fourth-order valence-electron chi connectivity index (χ4n) is 3.26. The van der Waals surface area contributed by atoms with Gasteiger partial charge >= 0.3 is 0 Å². The van der Waals surface area contributed by atoms with Crippen LogP contribution in [0.4, 0.5) is 0 Å². The Morgan fingerprint density at radius 2 is 1.94 bits per heavy atom. The molecule has 0 saturated carbocycles. The van der Waals surface area contributed by atoms with E-state index in [1.807, 2.05) is 59.3 Å². The molecule has 0 spiro atoms. The number of thiazole rings is 1. The molecule has 5 aromatic rings. The average Bonchev–Trinajstić information content (AvgIpc) is 3.40. The zero-order valence-corrected chi connectivity index (χ0v) is 18.8. The van der Waals surface area contributed by atoms with Crippen molar-refractivity contribution < 1.29 is 0 Å². The van der Waals surface area contributed by atoms with Gasteiger partial charge in [-0.3, -0.25) is 13.8 Å². The zero-order chi connectivity index (χ0) is 21.4. The van der Waals surface area contributed by atoms with Crippen LogP contribution in [-0.4, -0.2) is 24.1 Å². The molecule has 0 aliphatic rings. The molecule has 0 bridgehead atoms. The summed E-state index contributed by atoms with van der Waals surface area (Å²) in [6.07, 6.45) is 1.73. The van der Waals surface area contributed by atoms with Crippen LogP contribution in [0.15, 0.2) is 76.1 Å². The average molecular weight is 466 g/mol. The lowest BCUT2D eigenvalue weighted by Crippen LogP contribution is -2.12. The van der Waals surface area contributed by atoms with Gasteiger partial charge in [-0.25, -0.2) is 4.98 Å². The summed E-state index contributed by atoms with van der Waals surface area (Å²) in [5, 5.41) is 12.1. The predicted octanol–water partition coefficient (Wildman–Crippen LogP) is 5.26. The molecule has 0 saturated heterocycles. The van der Waals surface area contributed by atoms with Crippen molar-refractivity contribution in [3.05, 3.63) is 92.8 Å². The number of fused-ring (bicyclic) bond motifs is 1. The van der Waals surface area contributed by atoms with E-state index in [1.165, 1.54) is 23.1 Å². The maximum Gasteiger partial charge on any atom is 0.258 e. The number of benzene rings is 2. The van der Waals surface area contributed by atoms with Gasteiger partial charge in [0.05, 0.1) is 5.69 Å². The Morgan fingerprint density at radius 1 is 1.10 bits per heavy atom. The van der Waals surface area contributed by atoms with E-state index in [0.29, 0.717) is 26.6 Å². The Balaban J connectivity index is 1.54. The van der Waals surface area contributed by atoms with Gasteiger partial charge in [0.25, 0.3) is 5.56 Å². The van der Waals surface area contributed by atoms with Crippen LogP contribution in [0.1, 0.15) is 11.3 Å². The van der Waals surface area contributed by atoms with Crippen LogP contribution in [0.2, 0.25) is 5.02 Å². The maximum absolute atomic E-state index is 12.3. The lowest BCUT2D eigenvalue weighted by molar-refractivity contribution is 0.885. The van der Waals surface area contributed by atoms with Gasteiger partial charge in [-0.2, -0.15) is 0 Å². The fourth-order valence-corrected chi connectivity index (χ4v) is 4.97. The number of rotatable bonds is 5. The van der Waals surface area contributed by atoms with E-state index < -0.39 is 0 Å². The molecule has 0 N–H and O–H groups in total. The first-order valence-corrected chi connectivity index (χ1v) is 11.7. The molecule has 0 aliphatic carbocycles. The van der Waals surface area contributed by atoms with Gasteiger partial charge < -0.3 is 0 Å². The van der Waals surface area contributed by atoms with Gasteiger partial charge in [-0.05, 0) is 37.3 Å². The number of aryl methyl sites for hydroxylation is 1. The van der Waals surface area contributed by atoms with Crippen LogP contribution in [-0.2, 0) is 5.75 Å². The van der Waals surface area contributed by atoms with Crippen molar-refractivity contribution in [1.82, 2.24) is 24.1 Å². The highest BCUT2D eigenvalue weighted by Crippen LogP contribution is 2.30. The first-order chi connectivity index (χ1) is 15.1. The first kappa shape index (κ1) is 20.0.